The van der Waals surface area contributed by atoms with Crippen molar-refractivity contribution >= 4 is 0 Å². The summed E-state index contributed by atoms with van der Waals surface area (Å²) in [7, 11) is 0. The molecule has 0 fully saturated rings. The second kappa shape index (κ2) is 3.47. The fourth-order valence-electron chi connectivity index (χ4n) is 0.997. The van der Waals surface area contributed by atoms with Crippen molar-refractivity contribution in [3.63, 3.8) is 0 Å². The van der Waals surface area contributed by atoms with Gasteiger partial charge in [-0.05, 0) is 12.5 Å². The summed E-state index contributed by atoms with van der Waals surface area (Å²) in [6.07, 6.45) is 2.08. The average Bonchev–Trinajstić information content (AvgIpc) is 2.40. The van der Waals surface area contributed by atoms with Gasteiger partial charge in [-0.15, -0.1) is 0 Å². The van der Waals surface area contributed by atoms with Crippen molar-refractivity contribution in [3.8, 4) is 0 Å². The molecular weight excluding hydrogens is 122 g/mol. The molecule has 1 rings (SSSR count). The smallest absolute Gasteiger partial charge is 0.00374 e. The number of hydrogen-bond donors (Lipinski definition) is 1. The van der Waals surface area contributed by atoms with Gasteiger partial charge in [-0.1, -0.05) is 13.3 Å². The molecule has 2 N–H and O–H groups in total. The Kier molecular flexibility index (Phi) is 2.57. The van der Waals surface area contributed by atoms with Gasteiger partial charge in [0.2, 0.25) is 0 Å². The van der Waals surface area contributed by atoms with E-state index >= 15 is 0 Å². The van der Waals surface area contributed by atoms with Crippen LogP contribution in [0.2, 0.25) is 0 Å². The standard InChI is InChI=1S/C9H14N/c1-2-9(10)7-8-5-3-4-6-8/h3-6,9H,2,7,10H2,1H3/q-1. The van der Waals surface area contributed by atoms with Crippen molar-refractivity contribution in [1.82, 2.24) is 0 Å². The third-order valence-corrected chi connectivity index (χ3v) is 1.75. The molecule has 0 amide bonds. The van der Waals surface area contributed by atoms with Crippen LogP contribution >= 0.6 is 0 Å². The predicted molar refractivity (Wildman–Crippen MR) is 44.0 cm³/mol. The molecule has 0 radical (unpaired) electrons. The highest BCUT2D eigenvalue weighted by Crippen LogP contribution is 2.03. The van der Waals surface area contributed by atoms with Crippen LogP contribution in [-0.2, 0) is 6.42 Å². The lowest BCUT2D eigenvalue weighted by molar-refractivity contribution is 0.647. The van der Waals surface area contributed by atoms with E-state index in [1.807, 2.05) is 0 Å². The van der Waals surface area contributed by atoms with Gasteiger partial charge in [0.1, 0.15) is 0 Å². The van der Waals surface area contributed by atoms with E-state index in [1.54, 1.807) is 0 Å². The Bertz CT molecular complexity index is 165. The average molecular weight is 136 g/mol. The molecule has 56 valence electrons. The second-order valence-electron chi connectivity index (χ2n) is 2.67. The van der Waals surface area contributed by atoms with Crippen molar-refractivity contribution in [1.29, 1.82) is 0 Å². The van der Waals surface area contributed by atoms with Gasteiger partial charge in [0, 0.05) is 0 Å². The number of hydrogen-bond acceptors (Lipinski definition) is 1. The molecule has 1 atom stereocenters. The number of rotatable bonds is 3. The van der Waals surface area contributed by atoms with Gasteiger partial charge >= 0.3 is 0 Å². The lowest BCUT2D eigenvalue weighted by Gasteiger charge is -2.10. The molecule has 1 aromatic carbocycles. The minimum atomic E-state index is 0.336. The highest BCUT2D eigenvalue weighted by Gasteiger charge is 1.94. The van der Waals surface area contributed by atoms with Crippen molar-refractivity contribution in [2.24, 2.45) is 5.73 Å². The number of nitrogens with two attached hydrogens (primary N) is 1. The molecule has 10 heavy (non-hydrogen) atoms. The van der Waals surface area contributed by atoms with E-state index in [4.69, 9.17) is 5.73 Å². The van der Waals surface area contributed by atoms with Crippen molar-refractivity contribution in [2.45, 2.75) is 25.8 Å². The third-order valence-electron chi connectivity index (χ3n) is 1.75. The monoisotopic (exact) mass is 136 g/mol. The summed E-state index contributed by atoms with van der Waals surface area (Å²) in [6, 6.07) is 8.68. The fourth-order valence-corrected chi connectivity index (χ4v) is 0.997. The zero-order valence-corrected chi connectivity index (χ0v) is 6.38. The minimum Gasteiger partial charge on any atom is -0.328 e. The van der Waals surface area contributed by atoms with E-state index in [-0.39, 0.29) is 0 Å². The van der Waals surface area contributed by atoms with Crippen LogP contribution in [0.4, 0.5) is 0 Å². The second-order valence-corrected chi connectivity index (χ2v) is 2.67. The summed E-state index contributed by atoms with van der Waals surface area (Å²) in [5, 5.41) is 0. The molecule has 0 aliphatic carbocycles. The highest BCUT2D eigenvalue weighted by atomic mass is 14.6. The van der Waals surface area contributed by atoms with Gasteiger partial charge in [0.15, 0.2) is 0 Å². The van der Waals surface area contributed by atoms with Crippen molar-refractivity contribution < 1.29 is 0 Å². The Hall–Kier alpha value is -0.690. The lowest BCUT2D eigenvalue weighted by atomic mass is 10.1. The minimum absolute atomic E-state index is 0.336. The largest absolute Gasteiger partial charge is 0.328 e. The van der Waals surface area contributed by atoms with Crippen LogP contribution < -0.4 is 5.73 Å². The van der Waals surface area contributed by atoms with Crippen LogP contribution in [0.1, 0.15) is 18.9 Å². The topological polar surface area (TPSA) is 26.0 Å². The maximum Gasteiger partial charge on any atom is -0.00374 e. The van der Waals surface area contributed by atoms with E-state index in [2.05, 4.69) is 31.2 Å². The van der Waals surface area contributed by atoms with Gasteiger partial charge in [-0.25, -0.2) is 6.07 Å². The first-order chi connectivity index (χ1) is 4.83. The van der Waals surface area contributed by atoms with E-state index < -0.39 is 0 Å². The van der Waals surface area contributed by atoms with Crippen LogP contribution in [0.3, 0.4) is 0 Å². The van der Waals surface area contributed by atoms with Crippen LogP contribution in [0, 0.1) is 0 Å². The van der Waals surface area contributed by atoms with Crippen molar-refractivity contribution in [2.75, 3.05) is 0 Å². The lowest BCUT2D eigenvalue weighted by Crippen LogP contribution is -2.20. The first-order valence-corrected chi connectivity index (χ1v) is 3.79. The summed E-state index contributed by atoms with van der Waals surface area (Å²) in [5.41, 5.74) is 7.12. The molecule has 0 saturated carbocycles. The molecule has 1 aromatic rings. The van der Waals surface area contributed by atoms with E-state index in [0.717, 1.165) is 12.8 Å². The summed E-state index contributed by atoms with van der Waals surface area (Å²) >= 11 is 0. The van der Waals surface area contributed by atoms with Gasteiger partial charge in [0.25, 0.3) is 0 Å². The Morgan fingerprint density at radius 3 is 3.00 bits per heavy atom. The zero-order valence-electron chi connectivity index (χ0n) is 6.38. The Morgan fingerprint density at radius 1 is 1.70 bits per heavy atom. The molecule has 0 aliphatic rings. The quantitative estimate of drug-likeness (QED) is 0.629. The highest BCUT2D eigenvalue weighted by molar-refractivity contribution is 5.17. The first kappa shape index (κ1) is 7.42. The Labute approximate surface area is 62.2 Å². The summed E-state index contributed by atoms with van der Waals surface area (Å²) in [5.74, 6) is 0. The summed E-state index contributed by atoms with van der Waals surface area (Å²) in [4.78, 5) is 0. The normalized spacial score (nSPS) is 13.4. The molecule has 0 heterocycles. The van der Waals surface area contributed by atoms with Crippen LogP contribution in [0.25, 0.3) is 0 Å². The molecule has 1 unspecified atom stereocenters. The fraction of sp³-hybridized carbons (Fsp3) is 0.444. The molecule has 0 spiro atoms. The molecular formula is C9H14N-. The van der Waals surface area contributed by atoms with Crippen LogP contribution in [-0.4, -0.2) is 6.04 Å². The molecule has 0 aliphatic heterocycles. The summed E-state index contributed by atoms with van der Waals surface area (Å²) in [6.45, 7) is 2.12. The first-order valence-electron chi connectivity index (χ1n) is 3.79. The maximum absolute atomic E-state index is 5.76. The predicted octanol–water partition coefficient (Wildman–Crippen LogP) is 1.69. The molecule has 0 bridgehead atoms. The van der Waals surface area contributed by atoms with Gasteiger partial charge in [-0.2, -0.15) is 23.8 Å². The molecule has 1 heteroatoms. The van der Waals surface area contributed by atoms with Crippen LogP contribution in [0.15, 0.2) is 24.3 Å². The van der Waals surface area contributed by atoms with E-state index in [9.17, 15) is 0 Å². The third kappa shape index (κ3) is 1.92. The van der Waals surface area contributed by atoms with Gasteiger partial charge in [-0.3, -0.25) is 0 Å². The van der Waals surface area contributed by atoms with E-state index in [1.165, 1.54) is 5.56 Å². The molecule has 1 nitrogen and oxygen atoms in total. The van der Waals surface area contributed by atoms with Gasteiger partial charge in [0.05, 0.1) is 0 Å². The molecule has 0 saturated heterocycles. The Morgan fingerprint density at radius 2 is 2.50 bits per heavy atom. The van der Waals surface area contributed by atoms with Gasteiger partial charge < -0.3 is 5.73 Å². The zero-order chi connectivity index (χ0) is 7.40. The Balaban J connectivity index is 2.40. The molecule has 0 aromatic heterocycles. The summed E-state index contributed by atoms with van der Waals surface area (Å²) < 4.78 is 0. The SMILES string of the molecule is CCC(N)Cc1cc[cH-]c1. The van der Waals surface area contributed by atoms with E-state index in [0.29, 0.717) is 6.04 Å². The maximum atomic E-state index is 5.76. The van der Waals surface area contributed by atoms with Crippen molar-refractivity contribution in [3.05, 3.63) is 29.8 Å². The van der Waals surface area contributed by atoms with Crippen LogP contribution in [0.5, 0.6) is 0 Å².